The molecule has 0 fully saturated rings. The first-order valence-electron chi connectivity index (χ1n) is 10.4. The Balaban J connectivity index is 1.44. The highest BCUT2D eigenvalue weighted by molar-refractivity contribution is 7.92. The lowest BCUT2D eigenvalue weighted by Gasteiger charge is -2.29. The fraction of sp³-hybridized carbons (Fsp3) is 0.304. The number of anilines is 3. The summed E-state index contributed by atoms with van der Waals surface area (Å²) in [5.41, 5.74) is 2.01. The molecule has 0 unspecified atom stereocenters. The first kappa shape index (κ1) is 21.0. The van der Waals surface area contributed by atoms with Crippen LogP contribution in [0, 0.1) is 5.41 Å². The smallest absolute Gasteiger partial charge is 0.261 e. The first-order chi connectivity index (χ1) is 15.2. The number of ether oxygens (including phenoxy) is 1. The molecule has 1 N–H and O–H groups in total. The van der Waals surface area contributed by atoms with Crippen molar-refractivity contribution in [1.29, 1.82) is 0 Å². The van der Waals surface area contributed by atoms with E-state index in [0.717, 1.165) is 27.8 Å². The zero-order chi connectivity index (χ0) is 22.5. The van der Waals surface area contributed by atoms with Crippen molar-refractivity contribution in [3.63, 3.8) is 0 Å². The fourth-order valence-corrected chi connectivity index (χ4v) is 6.25. The normalized spacial score (nSPS) is 17.3. The van der Waals surface area contributed by atoms with Gasteiger partial charge in [0, 0.05) is 12.5 Å². The molecule has 0 saturated heterocycles. The number of benzene rings is 2. The predicted octanol–water partition coefficient (Wildman–Crippen LogP) is 4.63. The quantitative estimate of drug-likeness (QED) is 0.599. The van der Waals surface area contributed by atoms with Gasteiger partial charge in [-0.15, -0.1) is 0 Å². The molecule has 0 spiro atoms. The average molecular weight is 470 g/mol. The Morgan fingerprint density at radius 3 is 2.69 bits per heavy atom. The number of carbonyl (C=O) groups excluding carboxylic acids is 1. The number of fused-ring (bicyclic) bond motifs is 2. The van der Waals surface area contributed by atoms with E-state index in [1.54, 1.807) is 42.5 Å². The van der Waals surface area contributed by atoms with Gasteiger partial charge in [0.15, 0.2) is 10.9 Å². The van der Waals surface area contributed by atoms with Crippen molar-refractivity contribution in [2.45, 2.75) is 31.6 Å². The van der Waals surface area contributed by atoms with Crippen LogP contribution in [0.25, 0.3) is 0 Å². The number of Topliss-reactive ketones (excluding diaryl/α,β-unsaturated/α-hetero) is 1. The number of hydrogen-bond acceptors (Lipinski definition) is 7. The van der Waals surface area contributed by atoms with Crippen molar-refractivity contribution in [2.24, 2.45) is 5.41 Å². The van der Waals surface area contributed by atoms with Gasteiger partial charge in [0.05, 0.1) is 33.4 Å². The minimum Gasteiger partial charge on any atom is -0.489 e. The molecule has 2 heterocycles. The van der Waals surface area contributed by atoms with Crippen molar-refractivity contribution >= 4 is 43.6 Å². The van der Waals surface area contributed by atoms with Gasteiger partial charge in [-0.3, -0.25) is 9.52 Å². The van der Waals surface area contributed by atoms with Crippen molar-refractivity contribution in [1.82, 2.24) is 4.98 Å². The van der Waals surface area contributed by atoms with Gasteiger partial charge in [0.1, 0.15) is 12.4 Å². The number of carbonyl (C=O) groups is 1. The number of nitrogens with one attached hydrogen (secondary N) is 1. The van der Waals surface area contributed by atoms with Gasteiger partial charge in [-0.05, 0) is 36.1 Å². The molecule has 3 aromatic rings. The third kappa shape index (κ3) is 3.86. The number of ketones is 1. The molecular weight excluding hydrogens is 446 g/mol. The van der Waals surface area contributed by atoms with Crippen LogP contribution >= 0.6 is 11.3 Å². The van der Waals surface area contributed by atoms with E-state index in [1.807, 2.05) is 11.0 Å². The lowest BCUT2D eigenvalue weighted by molar-refractivity contribution is 0.0916. The molecule has 1 aliphatic heterocycles. The standard InChI is InChI=1S/C23H23N3O4S2/c1-23(2)13-17-21(19(27)14-23)31-22(24-17)26-10-11-30-20-12-15(8-9-18(20)26)25-32(28,29)16-6-4-3-5-7-16/h3-9,12,25H,10-11,13-14H2,1-2H3. The highest BCUT2D eigenvalue weighted by Crippen LogP contribution is 2.44. The van der Waals surface area contributed by atoms with Crippen LogP contribution in [-0.4, -0.2) is 32.3 Å². The van der Waals surface area contributed by atoms with Crippen molar-refractivity contribution in [2.75, 3.05) is 22.8 Å². The number of hydrogen-bond donors (Lipinski definition) is 1. The lowest BCUT2D eigenvalue weighted by atomic mass is 9.78. The third-order valence-corrected chi connectivity index (χ3v) is 8.14. The molecular formula is C23H23N3O4S2. The van der Waals surface area contributed by atoms with E-state index in [2.05, 4.69) is 18.6 Å². The molecule has 0 saturated carbocycles. The summed E-state index contributed by atoms with van der Waals surface area (Å²) >= 11 is 1.42. The van der Waals surface area contributed by atoms with Gasteiger partial charge in [-0.2, -0.15) is 0 Å². The Labute approximate surface area is 191 Å². The van der Waals surface area contributed by atoms with Crippen LogP contribution in [0.4, 0.5) is 16.5 Å². The molecule has 9 heteroatoms. The minimum atomic E-state index is -3.69. The Bertz CT molecular complexity index is 1300. The average Bonchev–Trinajstić information content (AvgIpc) is 3.16. The predicted molar refractivity (Wildman–Crippen MR) is 125 cm³/mol. The lowest BCUT2D eigenvalue weighted by Crippen LogP contribution is -2.28. The zero-order valence-electron chi connectivity index (χ0n) is 17.8. The molecule has 0 radical (unpaired) electrons. The molecule has 7 nitrogen and oxygen atoms in total. The monoisotopic (exact) mass is 469 g/mol. The topological polar surface area (TPSA) is 88.6 Å². The molecule has 2 aliphatic rings. The summed E-state index contributed by atoms with van der Waals surface area (Å²) < 4.78 is 33.7. The van der Waals surface area contributed by atoms with E-state index in [1.165, 1.54) is 11.3 Å². The molecule has 0 atom stereocenters. The molecule has 5 rings (SSSR count). The summed E-state index contributed by atoms with van der Waals surface area (Å²) in [5, 5.41) is 0.767. The zero-order valence-corrected chi connectivity index (χ0v) is 19.4. The molecule has 32 heavy (non-hydrogen) atoms. The largest absolute Gasteiger partial charge is 0.489 e. The van der Waals surface area contributed by atoms with Gasteiger partial charge in [-0.1, -0.05) is 43.4 Å². The summed E-state index contributed by atoms with van der Waals surface area (Å²) in [4.78, 5) is 20.4. The SMILES string of the molecule is CC1(C)CC(=O)c2sc(N3CCOc4cc(NS(=O)(=O)c5ccccc5)ccc43)nc2C1. The van der Waals surface area contributed by atoms with Gasteiger partial charge < -0.3 is 9.64 Å². The van der Waals surface area contributed by atoms with Crippen molar-refractivity contribution in [3.8, 4) is 5.75 Å². The summed E-state index contributed by atoms with van der Waals surface area (Å²) in [5.74, 6) is 0.725. The maximum Gasteiger partial charge on any atom is 0.261 e. The van der Waals surface area contributed by atoms with Gasteiger partial charge in [0.25, 0.3) is 10.0 Å². The van der Waals surface area contributed by atoms with Crippen LogP contribution < -0.4 is 14.4 Å². The summed E-state index contributed by atoms with van der Waals surface area (Å²) in [6, 6.07) is 13.4. The number of nitrogens with zero attached hydrogens (tertiary/aromatic N) is 2. The van der Waals surface area contributed by atoms with E-state index < -0.39 is 10.0 Å². The van der Waals surface area contributed by atoms with Crippen LogP contribution in [0.3, 0.4) is 0 Å². The molecule has 166 valence electrons. The van der Waals surface area contributed by atoms with E-state index in [9.17, 15) is 13.2 Å². The summed E-state index contributed by atoms with van der Waals surface area (Å²) in [7, 11) is -3.69. The number of rotatable bonds is 4. The molecule has 0 bridgehead atoms. The second-order valence-corrected chi connectivity index (χ2v) is 11.5. The van der Waals surface area contributed by atoms with Gasteiger partial charge >= 0.3 is 0 Å². The Kier molecular flexibility index (Phi) is 4.98. The number of thiazole rings is 1. The van der Waals surface area contributed by atoms with E-state index in [4.69, 9.17) is 9.72 Å². The number of aromatic nitrogens is 1. The van der Waals surface area contributed by atoms with Crippen LogP contribution in [0.5, 0.6) is 5.75 Å². The maximum atomic E-state index is 12.6. The maximum absolute atomic E-state index is 12.6. The van der Waals surface area contributed by atoms with E-state index >= 15 is 0 Å². The summed E-state index contributed by atoms with van der Waals surface area (Å²) in [6.07, 6.45) is 1.31. The summed E-state index contributed by atoms with van der Waals surface area (Å²) in [6.45, 7) is 5.22. The second kappa shape index (κ2) is 7.60. The first-order valence-corrected chi connectivity index (χ1v) is 12.7. The second-order valence-electron chi connectivity index (χ2n) is 8.81. The van der Waals surface area contributed by atoms with Crippen molar-refractivity contribution < 1.29 is 17.9 Å². The minimum absolute atomic E-state index is 0.0802. The highest BCUT2D eigenvalue weighted by Gasteiger charge is 2.35. The van der Waals surface area contributed by atoms with Crippen LogP contribution in [0.2, 0.25) is 0 Å². The van der Waals surface area contributed by atoms with E-state index in [-0.39, 0.29) is 16.1 Å². The Morgan fingerprint density at radius 2 is 1.91 bits per heavy atom. The molecule has 1 aromatic heterocycles. The number of sulfonamides is 1. The Hall–Kier alpha value is -2.91. The third-order valence-electron chi connectivity index (χ3n) is 5.58. The van der Waals surface area contributed by atoms with Crippen LogP contribution in [0.1, 0.15) is 35.6 Å². The molecule has 0 amide bonds. The Morgan fingerprint density at radius 1 is 1.12 bits per heavy atom. The van der Waals surface area contributed by atoms with E-state index in [0.29, 0.717) is 31.0 Å². The highest BCUT2D eigenvalue weighted by atomic mass is 32.2. The van der Waals surface area contributed by atoms with Crippen LogP contribution in [-0.2, 0) is 16.4 Å². The molecule has 2 aromatic carbocycles. The molecule has 1 aliphatic carbocycles. The van der Waals surface area contributed by atoms with Gasteiger partial charge in [0.2, 0.25) is 0 Å². The van der Waals surface area contributed by atoms with Crippen LogP contribution in [0.15, 0.2) is 53.4 Å². The fourth-order valence-electron chi connectivity index (χ4n) is 4.12. The van der Waals surface area contributed by atoms with Gasteiger partial charge in [-0.25, -0.2) is 13.4 Å². The van der Waals surface area contributed by atoms with Crippen molar-refractivity contribution in [3.05, 3.63) is 59.1 Å².